The third kappa shape index (κ3) is 5.54. The summed E-state index contributed by atoms with van der Waals surface area (Å²) in [5.41, 5.74) is 1.35. The average Bonchev–Trinajstić information content (AvgIpc) is 2.50. The van der Waals surface area contributed by atoms with E-state index in [1.165, 1.54) is 24.9 Å². The first-order valence-electron chi connectivity index (χ1n) is 8.26. The molecule has 0 bridgehead atoms. The first kappa shape index (κ1) is 17.0. The summed E-state index contributed by atoms with van der Waals surface area (Å²) in [5, 5.41) is 3.67. The van der Waals surface area contributed by atoms with Crippen LogP contribution in [0.1, 0.15) is 47.0 Å². The molecule has 0 radical (unpaired) electrons. The van der Waals surface area contributed by atoms with Gasteiger partial charge in [-0.2, -0.15) is 0 Å². The lowest BCUT2D eigenvalue weighted by Gasteiger charge is -2.33. The number of hydrogen-bond donors (Lipinski definition) is 1. The number of nitrogens with zero attached hydrogens (tertiary/aromatic N) is 1. The summed E-state index contributed by atoms with van der Waals surface area (Å²) in [4.78, 5) is 2.54. The molecular formula is C18H32N2. The van der Waals surface area contributed by atoms with E-state index in [0.717, 1.165) is 19.6 Å². The van der Waals surface area contributed by atoms with E-state index in [9.17, 15) is 0 Å². The highest BCUT2D eigenvalue weighted by atomic mass is 15.2. The topological polar surface area (TPSA) is 15.3 Å². The molecule has 2 heteroatoms. The Hall–Kier alpha value is -1.02. The maximum atomic E-state index is 3.67. The van der Waals surface area contributed by atoms with Crippen LogP contribution in [0.25, 0.3) is 0 Å². The van der Waals surface area contributed by atoms with Crippen LogP contribution >= 0.6 is 0 Å². The largest absolute Gasteiger partial charge is 0.370 e. The van der Waals surface area contributed by atoms with Gasteiger partial charge in [-0.05, 0) is 31.0 Å². The maximum Gasteiger partial charge on any atom is 0.0366 e. The number of nitrogens with one attached hydrogen (secondary N) is 1. The van der Waals surface area contributed by atoms with Gasteiger partial charge in [0.25, 0.3) is 0 Å². The molecule has 0 aliphatic rings. The highest BCUT2D eigenvalue weighted by molar-refractivity contribution is 5.46. The van der Waals surface area contributed by atoms with Crippen LogP contribution in [0.4, 0.5) is 5.69 Å². The summed E-state index contributed by atoms with van der Waals surface area (Å²) < 4.78 is 0. The van der Waals surface area contributed by atoms with Crippen molar-refractivity contribution in [3.63, 3.8) is 0 Å². The predicted molar refractivity (Wildman–Crippen MR) is 90.5 cm³/mol. The van der Waals surface area contributed by atoms with E-state index in [1.807, 2.05) is 0 Å². The summed E-state index contributed by atoms with van der Waals surface area (Å²) in [6.45, 7) is 12.4. The Kier molecular flexibility index (Phi) is 8.36. The molecule has 1 rings (SSSR count). The molecule has 0 aliphatic heterocycles. The van der Waals surface area contributed by atoms with Gasteiger partial charge in [0.15, 0.2) is 0 Å². The van der Waals surface area contributed by atoms with E-state index in [4.69, 9.17) is 0 Å². The molecular weight excluding hydrogens is 244 g/mol. The Morgan fingerprint density at radius 3 is 2.35 bits per heavy atom. The highest BCUT2D eigenvalue weighted by Gasteiger charge is 2.18. The third-order valence-electron chi connectivity index (χ3n) is 4.12. The maximum absolute atomic E-state index is 3.67. The minimum absolute atomic E-state index is 0.571. The fraction of sp³-hybridized carbons (Fsp3) is 0.667. The van der Waals surface area contributed by atoms with Gasteiger partial charge in [-0.15, -0.1) is 0 Å². The quantitative estimate of drug-likeness (QED) is 0.685. The van der Waals surface area contributed by atoms with Crippen molar-refractivity contribution in [3.05, 3.63) is 30.3 Å². The molecule has 0 aromatic heterocycles. The minimum atomic E-state index is 0.571. The van der Waals surface area contributed by atoms with E-state index in [-0.39, 0.29) is 0 Å². The molecule has 1 aromatic rings. The first-order valence-corrected chi connectivity index (χ1v) is 8.26. The van der Waals surface area contributed by atoms with E-state index in [1.54, 1.807) is 0 Å². The van der Waals surface area contributed by atoms with Crippen LogP contribution in [-0.4, -0.2) is 25.7 Å². The molecule has 0 aliphatic carbocycles. The van der Waals surface area contributed by atoms with E-state index >= 15 is 0 Å². The molecule has 0 fully saturated rings. The van der Waals surface area contributed by atoms with Crippen molar-refractivity contribution >= 4 is 5.69 Å². The number of anilines is 1. The van der Waals surface area contributed by atoms with Crippen molar-refractivity contribution in [2.24, 2.45) is 5.92 Å². The van der Waals surface area contributed by atoms with Gasteiger partial charge in [0.2, 0.25) is 0 Å². The van der Waals surface area contributed by atoms with Crippen molar-refractivity contribution in [1.29, 1.82) is 0 Å². The van der Waals surface area contributed by atoms with Gasteiger partial charge < -0.3 is 10.2 Å². The second kappa shape index (κ2) is 9.82. The Morgan fingerprint density at radius 2 is 1.80 bits per heavy atom. The van der Waals surface area contributed by atoms with Crippen molar-refractivity contribution < 1.29 is 0 Å². The fourth-order valence-corrected chi connectivity index (χ4v) is 2.54. The van der Waals surface area contributed by atoms with Crippen LogP contribution in [0.2, 0.25) is 0 Å². The molecule has 2 unspecified atom stereocenters. The zero-order valence-corrected chi connectivity index (χ0v) is 13.7. The molecule has 2 atom stereocenters. The Morgan fingerprint density at radius 1 is 1.10 bits per heavy atom. The van der Waals surface area contributed by atoms with Crippen LogP contribution in [0.15, 0.2) is 30.3 Å². The fourth-order valence-electron chi connectivity index (χ4n) is 2.54. The number of likely N-dealkylation sites (N-methyl/N-ethyl adjacent to an activating group) is 1. The molecule has 20 heavy (non-hydrogen) atoms. The third-order valence-corrected chi connectivity index (χ3v) is 4.12. The number of hydrogen-bond acceptors (Lipinski definition) is 2. The summed E-state index contributed by atoms with van der Waals surface area (Å²) in [7, 11) is 0. The van der Waals surface area contributed by atoms with E-state index in [0.29, 0.717) is 12.0 Å². The molecule has 0 heterocycles. The van der Waals surface area contributed by atoms with Crippen molar-refractivity contribution in [2.45, 2.75) is 53.0 Å². The normalized spacial score (nSPS) is 14.0. The number of para-hydroxylation sites is 1. The molecule has 2 nitrogen and oxygen atoms in total. The van der Waals surface area contributed by atoms with Crippen LogP contribution in [0.3, 0.4) is 0 Å². The van der Waals surface area contributed by atoms with Gasteiger partial charge in [-0.1, -0.05) is 58.7 Å². The standard InChI is InChI=1S/C18H32N2/c1-5-8-14-20(17-12-10-9-11-13-17)15-18(19-7-3)16(4)6-2/h9-13,16,18-19H,5-8,14-15H2,1-4H3. The van der Waals surface area contributed by atoms with Gasteiger partial charge in [-0.3, -0.25) is 0 Å². The molecule has 0 amide bonds. The number of unbranched alkanes of at least 4 members (excludes halogenated alkanes) is 1. The molecule has 1 N–H and O–H groups in total. The molecule has 1 aromatic carbocycles. The average molecular weight is 276 g/mol. The van der Waals surface area contributed by atoms with Crippen LogP contribution < -0.4 is 10.2 Å². The zero-order chi connectivity index (χ0) is 14.8. The number of rotatable bonds is 10. The van der Waals surface area contributed by atoms with Crippen molar-refractivity contribution in [2.75, 3.05) is 24.5 Å². The summed E-state index contributed by atoms with van der Waals surface area (Å²) in [6, 6.07) is 11.4. The molecule has 0 saturated heterocycles. The lowest BCUT2D eigenvalue weighted by molar-refractivity contribution is 0.371. The second-order valence-electron chi connectivity index (χ2n) is 5.68. The van der Waals surface area contributed by atoms with Gasteiger partial charge in [0.1, 0.15) is 0 Å². The zero-order valence-electron chi connectivity index (χ0n) is 13.7. The SMILES string of the molecule is CCCCN(CC(NCC)C(C)CC)c1ccccc1. The lowest BCUT2D eigenvalue weighted by atomic mass is 9.98. The van der Waals surface area contributed by atoms with Crippen LogP contribution in [-0.2, 0) is 0 Å². The van der Waals surface area contributed by atoms with Gasteiger partial charge in [-0.25, -0.2) is 0 Å². The molecule has 0 saturated carbocycles. The van der Waals surface area contributed by atoms with E-state index in [2.05, 4.69) is 68.2 Å². The van der Waals surface area contributed by atoms with Crippen LogP contribution in [0, 0.1) is 5.92 Å². The van der Waals surface area contributed by atoms with E-state index < -0.39 is 0 Å². The smallest absolute Gasteiger partial charge is 0.0366 e. The first-order chi connectivity index (χ1) is 9.72. The minimum Gasteiger partial charge on any atom is -0.370 e. The Labute approximate surface area is 125 Å². The summed E-state index contributed by atoms with van der Waals surface area (Å²) in [5.74, 6) is 0.711. The predicted octanol–water partition coefficient (Wildman–Crippen LogP) is 4.32. The van der Waals surface area contributed by atoms with Crippen LogP contribution in [0.5, 0.6) is 0 Å². The van der Waals surface area contributed by atoms with Gasteiger partial charge in [0, 0.05) is 24.8 Å². The highest BCUT2D eigenvalue weighted by Crippen LogP contribution is 2.17. The Balaban J connectivity index is 2.76. The summed E-state index contributed by atoms with van der Waals surface area (Å²) in [6.07, 6.45) is 3.74. The molecule has 114 valence electrons. The second-order valence-corrected chi connectivity index (χ2v) is 5.68. The van der Waals surface area contributed by atoms with Gasteiger partial charge in [0.05, 0.1) is 0 Å². The molecule has 0 spiro atoms. The van der Waals surface area contributed by atoms with Crippen molar-refractivity contribution in [3.8, 4) is 0 Å². The summed E-state index contributed by atoms with van der Waals surface area (Å²) >= 11 is 0. The Bertz CT molecular complexity index is 337. The number of benzene rings is 1. The lowest BCUT2D eigenvalue weighted by Crippen LogP contribution is -2.45. The van der Waals surface area contributed by atoms with Gasteiger partial charge >= 0.3 is 0 Å². The van der Waals surface area contributed by atoms with Crippen molar-refractivity contribution in [1.82, 2.24) is 5.32 Å². The monoisotopic (exact) mass is 276 g/mol.